The van der Waals surface area contributed by atoms with E-state index in [2.05, 4.69) is 4.98 Å². The van der Waals surface area contributed by atoms with Crippen molar-refractivity contribution >= 4 is 22.4 Å². The zero-order chi connectivity index (χ0) is 15.0. The van der Waals surface area contributed by atoms with Crippen molar-refractivity contribution in [3.63, 3.8) is 0 Å². The molecule has 7 heteroatoms. The van der Waals surface area contributed by atoms with E-state index < -0.39 is 5.76 Å². The van der Waals surface area contributed by atoms with Gasteiger partial charge < -0.3 is 10.2 Å². The molecule has 0 aliphatic heterocycles. The van der Waals surface area contributed by atoms with Crippen LogP contribution in [0.4, 0.5) is 0 Å². The predicted molar refractivity (Wildman–Crippen MR) is 82.8 cm³/mol. The maximum Gasteiger partial charge on any atom is 0.417 e. The van der Waals surface area contributed by atoms with Crippen LogP contribution in [0, 0.1) is 6.92 Å². The van der Waals surface area contributed by atoms with E-state index in [0.717, 1.165) is 22.6 Å². The fourth-order valence-electron chi connectivity index (χ4n) is 2.42. The van der Waals surface area contributed by atoms with Gasteiger partial charge in [-0.05, 0) is 32.0 Å². The summed E-state index contributed by atoms with van der Waals surface area (Å²) >= 11 is 1.22. The van der Waals surface area contributed by atoms with Crippen LogP contribution in [0.5, 0.6) is 0 Å². The summed E-state index contributed by atoms with van der Waals surface area (Å²) in [6, 6.07) is 5.44. The highest BCUT2D eigenvalue weighted by Crippen LogP contribution is 2.27. The molecule has 1 aromatic carbocycles. The Labute approximate surface area is 123 Å². The first-order valence-electron chi connectivity index (χ1n) is 6.63. The van der Waals surface area contributed by atoms with Gasteiger partial charge in [-0.3, -0.25) is 14.3 Å². The van der Waals surface area contributed by atoms with Gasteiger partial charge in [0.2, 0.25) is 0 Å². The van der Waals surface area contributed by atoms with Crippen LogP contribution < -0.4 is 16.4 Å². The third kappa shape index (κ3) is 2.45. The molecule has 6 nitrogen and oxygen atoms in total. The van der Waals surface area contributed by atoms with Gasteiger partial charge in [0.15, 0.2) is 5.58 Å². The van der Waals surface area contributed by atoms with Gasteiger partial charge in [0.25, 0.3) is 0 Å². The number of benzene rings is 1. The van der Waals surface area contributed by atoms with Crippen LogP contribution in [0.2, 0.25) is 0 Å². The lowest BCUT2D eigenvalue weighted by Gasteiger charge is -2.08. The number of hydrogen-bond acceptors (Lipinski definition) is 5. The summed E-state index contributed by atoms with van der Waals surface area (Å²) in [6.07, 6.45) is 0.741. The molecule has 0 amide bonds. The molecule has 110 valence electrons. The van der Waals surface area contributed by atoms with Crippen molar-refractivity contribution in [2.75, 3.05) is 6.54 Å². The number of aromatic nitrogens is 2. The molecule has 0 fully saturated rings. The molecule has 2 aromatic heterocycles. The van der Waals surface area contributed by atoms with Crippen LogP contribution in [-0.4, -0.2) is 16.1 Å². The topological polar surface area (TPSA) is 94.0 Å². The zero-order valence-corrected chi connectivity index (χ0v) is 12.3. The van der Waals surface area contributed by atoms with Gasteiger partial charge in [-0.2, -0.15) is 0 Å². The van der Waals surface area contributed by atoms with E-state index in [1.165, 1.54) is 11.3 Å². The molecular formula is C14H15N3O3S. The normalized spacial score (nSPS) is 11.3. The smallest absolute Gasteiger partial charge is 0.408 e. The maximum atomic E-state index is 12.1. The highest BCUT2D eigenvalue weighted by molar-refractivity contribution is 7.09. The van der Waals surface area contributed by atoms with Gasteiger partial charge in [-0.25, -0.2) is 4.79 Å². The van der Waals surface area contributed by atoms with Crippen molar-refractivity contribution in [2.45, 2.75) is 19.9 Å². The molecule has 21 heavy (non-hydrogen) atoms. The minimum absolute atomic E-state index is 0.00608. The number of nitrogens with zero attached hydrogens (tertiary/aromatic N) is 1. The molecule has 0 aliphatic rings. The zero-order valence-electron chi connectivity index (χ0n) is 11.5. The summed E-state index contributed by atoms with van der Waals surface area (Å²) in [5.41, 5.74) is 8.39. The maximum absolute atomic E-state index is 12.1. The van der Waals surface area contributed by atoms with Crippen LogP contribution in [0.3, 0.4) is 0 Å². The summed E-state index contributed by atoms with van der Waals surface area (Å²) in [5, 5.41) is 0. The number of rotatable bonds is 4. The average molecular weight is 305 g/mol. The van der Waals surface area contributed by atoms with Gasteiger partial charge in [0.1, 0.15) is 0 Å². The van der Waals surface area contributed by atoms with Crippen LogP contribution in [0.1, 0.15) is 11.3 Å². The van der Waals surface area contributed by atoms with Gasteiger partial charge in [0.05, 0.1) is 11.2 Å². The number of nitrogens with one attached hydrogen (secondary N) is 1. The fourth-order valence-corrected chi connectivity index (χ4v) is 3.30. The van der Waals surface area contributed by atoms with Gasteiger partial charge in [0, 0.05) is 17.0 Å². The second-order valence-corrected chi connectivity index (χ2v) is 5.96. The van der Waals surface area contributed by atoms with Crippen LogP contribution in [0.25, 0.3) is 22.4 Å². The Balaban J connectivity index is 2.16. The number of aromatic amines is 1. The van der Waals surface area contributed by atoms with Gasteiger partial charge in [-0.1, -0.05) is 17.4 Å². The first-order valence-corrected chi connectivity index (χ1v) is 7.45. The standard InChI is InChI=1S/C14H15N3O3S/c1-8-12(17(6-2-5-15)14(19)21-8)9-3-4-10-11(7-9)20-13(18)16-10/h3-4,7H,2,5-6,15H2,1H3,(H,16,18). The van der Waals surface area contributed by atoms with Crippen molar-refractivity contribution in [3.05, 3.63) is 43.3 Å². The Morgan fingerprint density at radius 1 is 1.38 bits per heavy atom. The van der Waals surface area contributed by atoms with E-state index >= 15 is 0 Å². The predicted octanol–water partition coefficient (Wildman–Crippen LogP) is 1.67. The molecule has 3 aromatic rings. The Hall–Kier alpha value is -2.12. The Morgan fingerprint density at radius 3 is 2.95 bits per heavy atom. The van der Waals surface area contributed by atoms with Crippen molar-refractivity contribution < 1.29 is 4.42 Å². The van der Waals surface area contributed by atoms with Crippen LogP contribution >= 0.6 is 11.3 Å². The lowest BCUT2D eigenvalue weighted by molar-refractivity contribution is 0.555. The average Bonchev–Trinajstić information content (AvgIpc) is 2.94. The van der Waals surface area contributed by atoms with E-state index in [4.69, 9.17) is 10.2 Å². The van der Waals surface area contributed by atoms with Crippen molar-refractivity contribution in [1.82, 2.24) is 9.55 Å². The molecule has 0 spiro atoms. The van der Waals surface area contributed by atoms with E-state index in [1.807, 2.05) is 13.0 Å². The lowest BCUT2D eigenvalue weighted by atomic mass is 10.1. The molecule has 0 atom stereocenters. The highest BCUT2D eigenvalue weighted by Gasteiger charge is 2.14. The number of H-pyrrole nitrogens is 1. The van der Waals surface area contributed by atoms with E-state index in [1.54, 1.807) is 16.7 Å². The first kappa shape index (κ1) is 13.8. The van der Waals surface area contributed by atoms with Crippen LogP contribution in [0.15, 0.2) is 32.2 Å². The van der Waals surface area contributed by atoms with Gasteiger partial charge >= 0.3 is 10.6 Å². The van der Waals surface area contributed by atoms with Crippen molar-refractivity contribution in [2.24, 2.45) is 5.73 Å². The SMILES string of the molecule is Cc1sc(=O)n(CCCN)c1-c1ccc2[nH]c(=O)oc2c1. The molecule has 0 radical (unpaired) electrons. The summed E-state index contributed by atoms with van der Waals surface area (Å²) in [6.45, 7) is 3.04. The highest BCUT2D eigenvalue weighted by atomic mass is 32.1. The summed E-state index contributed by atoms with van der Waals surface area (Å²) < 4.78 is 6.82. The summed E-state index contributed by atoms with van der Waals surface area (Å²) in [5.74, 6) is -0.482. The number of oxazole rings is 1. The Bertz CT molecular complexity index is 900. The third-order valence-electron chi connectivity index (χ3n) is 3.34. The number of hydrogen-bond donors (Lipinski definition) is 2. The molecule has 3 rings (SSSR count). The minimum atomic E-state index is -0.482. The Morgan fingerprint density at radius 2 is 2.19 bits per heavy atom. The Kier molecular flexibility index (Phi) is 3.52. The molecule has 0 bridgehead atoms. The van der Waals surface area contributed by atoms with Gasteiger partial charge in [-0.15, -0.1) is 0 Å². The largest absolute Gasteiger partial charge is 0.417 e. The fraction of sp³-hybridized carbons (Fsp3) is 0.286. The number of aryl methyl sites for hydroxylation is 1. The molecule has 0 saturated carbocycles. The van der Waals surface area contributed by atoms with Crippen LogP contribution in [-0.2, 0) is 6.54 Å². The molecule has 3 N–H and O–H groups in total. The second-order valence-electron chi connectivity index (χ2n) is 4.79. The third-order valence-corrected chi connectivity index (χ3v) is 4.24. The monoisotopic (exact) mass is 305 g/mol. The quantitative estimate of drug-likeness (QED) is 0.766. The molecule has 0 aliphatic carbocycles. The first-order chi connectivity index (χ1) is 10.1. The van der Waals surface area contributed by atoms with Crippen molar-refractivity contribution in [1.29, 1.82) is 0 Å². The molecule has 2 heterocycles. The number of nitrogens with two attached hydrogens (primary N) is 1. The van der Waals surface area contributed by atoms with Crippen molar-refractivity contribution in [3.8, 4) is 11.3 Å². The van der Waals surface area contributed by atoms with E-state index in [-0.39, 0.29) is 4.87 Å². The summed E-state index contributed by atoms with van der Waals surface area (Å²) in [7, 11) is 0. The number of fused-ring (bicyclic) bond motifs is 1. The summed E-state index contributed by atoms with van der Waals surface area (Å²) in [4.78, 5) is 26.8. The lowest BCUT2D eigenvalue weighted by Crippen LogP contribution is -2.16. The van der Waals surface area contributed by atoms with E-state index in [9.17, 15) is 9.59 Å². The number of thiazole rings is 1. The second kappa shape index (κ2) is 5.34. The molecule has 0 saturated heterocycles. The van der Waals surface area contributed by atoms with E-state index in [0.29, 0.717) is 24.2 Å². The minimum Gasteiger partial charge on any atom is -0.408 e. The molecule has 0 unspecified atom stereocenters. The molecular weight excluding hydrogens is 290 g/mol.